The number of amides is 1. The van der Waals surface area contributed by atoms with E-state index in [-0.39, 0.29) is 11.7 Å². The molecule has 0 saturated heterocycles. The molecule has 2 aromatic carbocycles. The predicted octanol–water partition coefficient (Wildman–Crippen LogP) is 3.74. The first-order valence-electron chi connectivity index (χ1n) is 7.13. The van der Waals surface area contributed by atoms with Crippen molar-refractivity contribution in [3.63, 3.8) is 0 Å². The molecule has 0 radical (unpaired) electrons. The molecule has 1 amide bonds. The number of halogens is 1. The minimum absolute atomic E-state index is 0.146. The Balaban J connectivity index is 2.09. The maximum absolute atomic E-state index is 13.8. The summed E-state index contributed by atoms with van der Waals surface area (Å²) in [5, 5.41) is 0. The lowest BCUT2D eigenvalue weighted by Gasteiger charge is -2.10. The molecular weight excluding hydrogens is 281 g/mol. The van der Waals surface area contributed by atoms with E-state index < -0.39 is 0 Å². The first-order chi connectivity index (χ1) is 10.6. The molecule has 1 aliphatic rings. The molecule has 1 heterocycles. The first kappa shape index (κ1) is 14.3. The summed E-state index contributed by atoms with van der Waals surface area (Å²) in [6.07, 6.45) is 1.60. The number of rotatable bonds is 3. The number of anilines is 1. The van der Waals surface area contributed by atoms with E-state index in [0.29, 0.717) is 23.5 Å². The van der Waals surface area contributed by atoms with Crippen molar-refractivity contribution in [3.05, 3.63) is 59.4 Å². The summed E-state index contributed by atoms with van der Waals surface area (Å²) in [6.45, 7) is 2.47. The maximum atomic E-state index is 13.8. The van der Waals surface area contributed by atoms with E-state index in [1.54, 1.807) is 36.2 Å². The van der Waals surface area contributed by atoms with Crippen LogP contribution < -0.4 is 9.64 Å². The van der Waals surface area contributed by atoms with Crippen LogP contribution >= 0.6 is 0 Å². The van der Waals surface area contributed by atoms with Gasteiger partial charge in [0.05, 0.1) is 12.3 Å². The number of nitrogens with zero attached hydrogens (tertiary/aromatic N) is 1. The summed E-state index contributed by atoms with van der Waals surface area (Å²) in [7, 11) is 1.71. The van der Waals surface area contributed by atoms with Gasteiger partial charge in [-0.1, -0.05) is 18.2 Å². The second kappa shape index (κ2) is 5.64. The molecule has 112 valence electrons. The van der Waals surface area contributed by atoms with E-state index >= 15 is 0 Å². The summed E-state index contributed by atoms with van der Waals surface area (Å²) in [5.41, 5.74) is 2.46. The fourth-order valence-electron chi connectivity index (χ4n) is 2.57. The maximum Gasteiger partial charge on any atom is 0.258 e. The SMILES string of the molecule is CCOc1ccc2c(c1)N(C)C(=O)/C2=C/c1ccccc1F. The number of carbonyl (C=O) groups is 1. The zero-order chi connectivity index (χ0) is 15.7. The lowest BCUT2D eigenvalue weighted by Crippen LogP contribution is -2.20. The Kier molecular flexibility index (Phi) is 3.67. The van der Waals surface area contributed by atoms with E-state index in [0.717, 1.165) is 11.3 Å². The molecule has 2 aromatic rings. The molecule has 0 fully saturated rings. The molecule has 0 aromatic heterocycles. The Morgan fingerprint density at radius 1 is 1.23 bits per heavy atom. The zero-order valence-electron chi connectivity index (χ0n) is 12.5. The van der Waals surface area contributed by atoms with Gasteiger partial charge in [0.25, 0.3) is 5.91 Å². The first-order valence-corrected chi connectivity index (χ1v) is 7.13. The number of fused-ring (bicyclic) bond motifs is 1. The second-order valence-electron chi connectivity index (χ2n) is 5.06. The molecular formula is C18H16FNO2. The van der Waals surface area contributed by atoms with Gasteiger partial charge in [-0.05, 0) is 31.2 Å². The van der Waals surface area contributed by atoms with E-state index in [9.17, 15) is 9.18 Å². The average Bonchev–Trinajstić information content (AvgIpc) is 2.75. The van der Waals surface area contributed by atoms with Crippen LogP contribution in [0.25, 0.3) is 11.6 Å². The van der Waals surface area contributed by atoms with Gasteiger partial charge in [-0.2, -0.15) is 0 Å². The molecule has 22 heavy (non-hydrogen) atoms. The van der Waals surface area contributed by atoms with Gasteiger partial charge >= 0.3 is 0 Å². The quantitative estimate of drug-likeness (QED) is 0.808. The van der Waals surface area contributed by atoms with E-state index in [2.05, 4.69) is 0 Å². The third kappa shape index (κ3) is 2.37. The molecule has 0 N–H and O–H groups in total. The van der Waals surface area contributed by atoms with E-state index in [4.69, 9.17) is 4.74 Å². The Bertz CT molecular complexity index is 767. The predicted molar refractivity (Wildman–Crippen MR) is 85.3 cm³/mol. The highest BCUT2D eigenvalue weighted by molar-refractivity contribution is 6.35. The molecule has 0 atom stereocenters. The molecule has 0 saturated carbocycles. The number of benzene rings is 2. The van der Waals surface area contributed by atoms with E-state index in [1.165, 1.54) is 6.07 Å². The van der Waals surface area contributed by atoms with Gasteiger partial charge in [0.1, 0.15) is 11.6 Å². The normalized spacial score (nSPS) is 15.3. The molecule has 3 rings (SSSR count). The van der Waals surface area contributed by atoms with Gasteiger partial charge in [-0.15, -0.1) is 0 Å². The van der Waals surface area contributed by atoms with Crippen molar-refractivity contribution >= 4 is 23.2 Å². The minimum Gasteiger partial charge on any atom is -0.494 e. The number of hydrogen-bond acceptors (Lipinski definition) is 2. The Labute approximate surface area is 128 Å². The number of hydrogen-bond donors (Lipinski definition) is 0. The lowest BCUT2D eigenvalue weighted by molar-refractivity contribution is -0.112. The van der Waals surface area contributed by atoms with Crippen LogP contribution in [0.2, 0.25) is 0 Å². The van der Waals surface area contributed by atoms with Crippen LogP contribution in [-0.2, 0) is 4.79 Å². The zero-order valence-corrected chi connectivity index (χ0v) is 12.5. The highest BCUT2D eigenvalue weighted by Gasteiger charge is 2.30. The lowest BCUT2D eigenvalue weighted by atomic mass is 10.0. The van der Waals surface area contributed by atoms with Crippen LogP contribution in [0.15, 0.2) is 42.5 Å². The van der Waals surface area contributed by atoms with Crippen molar-refractivity contribution in [1.82, 2.24) is 0 Å². The fourth-order valence-corrected chi connectivity index (χ4v) is 2.57. The third-order valence-corrected chi connectivity index (χ3v) is 3.67. The van der Waals surface area contributed by atoms with Crippen LogP contribution in [0.4, 0.5) is 10.1 Å². The molecule has 0 spiro atoms. The third-order valence-electron chi connectivity index (χ3n) is 3.67. The summed E-state index contributed by atoms with van der Waals surface area (Å²) in [4.78, 5) is 14.0. The van der Waals surface area contributed by atoms with Crippen molar-refractivity contribution < 1.29 is 13.9 Å². The molecule has 0 bridgehead atoms. The van der Waals surface area contributed by atoms with Crippen molar-refractivity contribution in [2.45, 2.75) is 6.92 Å². The van der Waals surface area contributed by atoms with Crippen molar-refractivity contribution in [1.29, 1.82) is 0 Å². The Hall–Kier alpha value is -2.62. The van der Waals surface area contributed by atoms with Crippen molar-refractivity contribution in [2.75, 3.05) is 18.6 Å². The summed E-state index contributed by atoms with van der Waals surface area (Å²) in [6, 6.07) is 11.9. The highest BCUT2D eigenvalue weighted by atomic mass is 19.1. The smallest absolute Gasteiger partial charge is 0.258 e. The van der Waals surface area contributed by atoms with Gasteiger partial charge in [-0.3, -0.25) is 4.79 Å². The minimum atomic E-state index is -0.343. The fraction of sp³-hybridized carbons (Fsp3) is 0.167. The molecule has 1 aliphatic heterocycles. The summed E-state index contributed by atoms with van der Waals surface area (Å²) < 4.78 is 19.3. The van der Waals surface area contributed by atoms with Gasteiger partial charge < -0.3 is 9.64 Å². The number of carbonyl (C=O) groups excluding carboxylic acids is 1. The highest BCUT2D eigenvalue weighted by Crippen LogP contribution is 2.39. The monoisotopic (exact) mass is 297 g/mol. The average molecular weight is 297 g/mol. The molecule has 0 aliphatic carbocycles. The molecule has 0 unspecified atom stereocenters. The molecule has 3 nitrogen and oxygen atoms in total. The van der Waals surface area contributed by atoms with Crippen molar-refractivity contribution in [3.8, 4) is 5.75 Å². The van der Waals surface area contributed by atoms with Crippen LogP contribution in [-0.4, -0.2) is 19.6 Å². The Morgan fingerprint density at radius 2 is 2.00 bits per heavy atom. The van der Waals surface area contributed by atoms with Crippen LogP contribution in [0.3, 0.4) is 0 Å². The van der Waals surface area contributed by atoms with Crippen molar-refractivity contribution in [2.24, 2.45) is 0 Å². The van der Waals surface area contributed by atoms with E-state index in [1.807, 2.05) is 25.1 Å². The van der Waals surface area contributed by atoms with Gasteiger partial charge in [-0.25, -0.2) is 4.39 Å². The standard InChI is InChI=1S/C18H16FNO2/c1-3-22-13-8-9-14-15(18(21)20(2)17(14)11-13)10-12-6-4-5-7-16(12)19/h4-11H,3H2,1-2H3/b15-10+. The van der Waals surface area contributed by atoms with Gasteiger partial charge in [0.2, 0.25) is 0 Å². The van der Waals surface area contributed by atoms with Crippen LogP contribution in [0, 0.1) is 5.82 Å². The topological polar surface area (TPSA) is 29.5 Å². The summed E-state index contributed by atoms with van der Waals surface area (Å²) >= 11 is 0. The van der Waals surface area contributed by atoms with Gasteiger partial charge in [0, 0.05) is 29.8 Å². The number of likely N-dealkylation sites (N-methyl/N-ethyl adjacent to an activating group) is 1. The van der Waals surface area contributed by atoms with Gasteiger partial charge in [0.15, 0.2) is 0 Å². The van der Waals surface area contributed by atoms with Crippen LogP contribution in [0.5, 0.6) is 5.75 Å². The van der Waals surface area contributed by atoms with Crippen LogP contribution in [0.1, 0.15) is 18.1 Å². The summed E-state index contributed by atoms with van der Waals surface area (Å²) in [5.74, 6) is 0.227. The number of ether oxygens (including phenoxy) is 1. The Morgan fingerprint density at radius 3 is 2.73 bits per heavy atom. The molecule has 4 heteroatoms. The largest absolute Gasteiger partial charge is 0.494 e. The second-order valence-corrected chi connectivity index (χ2v) is 5.06.